The van der Waals surface area contributed by atoms with Gasteiger partial charge in [0.15, 0.2) is 22.9 Å². The number of thioether (sulfide) groups is 1. The molecular weight excluding hydrogens is 370 g/mol. The van der Waals surface area contributed by atoms with E-state index in [1.807, 2.05) is 60.9 Å². The maximum atomic E-state index is 12.3. The van der Waals surface area contributed by atoms with Gasteiger partial charge >= 0.3 is 0 Å². The fourth-order valence-electron chi connectivity index (χ4n) is 2.90. The number of hydrogen-bond donors (Lipinski definition) is 0. The van der Waals surface area contributed by atoms with Crippen LogP contribution in [0, 0.1) is 0 Å². The van der Waals surface area contributed by atoms with Crippen molar-refractivity contribution in [1.82, 2.24) is 14.8 Å². The average Bonchev–Trinajstić information content (AvgIpc) is 3.16. The van der Waals surface area contributed by atoms with Crippen LogP contribution in [0.5, 0.6) is 5.75 Å². The highest BCUT2D eigenvalue weighted by Gasteiger charge is 2.19. The van der Waals surface area contributed by atoms with Gasteiger partial charge < -0.3 is 9.30 Å². The minimum Gasteiger partial charge on any atom is -0.483 e. The second-order valence-corrected chi connectivity index (χ2v) is 7.36. The monoisotopic (exact) mass is 395 g/mol. The first-order chi connectivity index (χ1) is 13.6. The molecule has 0 aliphatic rings. The molecule has 1 aromatic heterocycles. The molecule has 146 valence electrons. The Morgan fingerprint density at radius 1 is 1.07 bits per heavy atom. The standard InChI is InChI=1S/C22H25N3O2S/c1-4-17-11-13-19(14-12-17)27-16(3)21-23-24-22(25(21)5-2)28-15-20(26)18-9-7-6-8-10-18/h6-14,16H,4-5,15H2,1-3H3/t16-/m1/s1. The van der Waals surface area contributed by atoms with E-state index in [2.05, 4.69) is 29.3 Å². The molecule has 3 aromatic rings. The second kappa shape index (κ2) is 9.55. The minimum atomic E-state index is -0.237. The van der Waals surface area contributed by atoms with Gasteiger partial charge in [0, 0.05) is 12.1 Å². The van der Waals surface area contributed by atoms with Crippen molar-refractivity contribution in [2.24, 2.45) is 0 Å². The van der Waals surface area contributed by atoms with Gasteiger partial charge in [0.2, 0.25) is 0 Å². The molecule has 0 saturated heterocycles. The molecule has 0 aliphatic heterocycles. The predicted octanol–water partition coefficient (Wildman–Crippen LogP) is 4.98. The SMILES string of the molecule is CCc1ccc(O[C@H](C)c2nnc(SCC(=O)c3ccccc3)n2CC)cc1. The van der Waals surface area contributed by atoms with Crippen LogP contribution in [-0.4, -0.2) is 26.3 Å². The summed E-state index contributed by atoms with van der Waals surface area (Å²) in [7, 11) is 0. The van der Waals surface area contributed by atoms with Crippen molar-refractivity contribution >= 4 is 17.5 Å². The number of carbonyl (C=O) groups is 1. The first kappa shape index (κ1) is 20.1. The third kappa shape index (κ3) is 4.81. The average molecular weight is 396 g/mol. The van der Waals surface area contributed by atoms with Gasteiger partial charge in [0.05, 0.1) is 5.75 Å². The molecule has 0 N–H and O–H groups in total. The quantitative estimate of drug-likeness (QED) is 0.378. The Bertz CT molecular complexity index is 907. The van der Waals surface area contributed by atoms with E-state index in [1.54, 1.807) is 0 Å². The number of Topliss-reactive ketones (excluding diaryl/α,β-unsaturated/α-hetero) is 1. The molecule has 0 fully saturated rings. The number of benzene rings is 2. The Labute approximate surface area is 170 Å². The number of nitrogens with zero attached hydrogens (tertiary/aromatic N) is 3. The molecule has 0 spiro atoms. The van der Waals surface area contributed by atoms with E-state index in [0.717, 1.165) is 23.2 Å². The van der Waals surface area contributed by atoms with Gasteiger partial charge in [-0.3, -0.25) is 4.79 Å². The summed E-state index contributed by atoms with van der Waals surface area (Å²) in [4.78, 5) is 12.3. The zero-order chi connectivity index (χ0) is 19.9. The van der Waals surface area contributed by atoms with Crippen LogP contribution in [0.2, 0.25) is 0 Å². The number of aryl methyl sites for hydroxylation is 1. The van der Waals surface area contributed by atoms with Gasteiger partial charge in [-0.05, 0) is 38.0 Å². The number of ketones is 1. The van der Waals surface area contributed by atoms with Crippen LogP contribution in [0.3, 0.4) is 0 Å². The predicted molar refractivity (Wildman–Crippen MR) is 112 cm³/mol. The van der Waals surface area contributed by atoms with E-state index in [9.17, 15) is 4.79 Å². The molecule has 0 bridgehead atoms. The normalized spacial score (nSPS) is 12.0. The lowest BCUT2D eigenvalue weighted by atomic mass is 10.2. The van der Waals surface area contributed by atoms with E-state index in [-0.39, 0.29) is 11.9 Å². The first-order valence-corrected chi connectivity index (χ1v) is 10.5. The lowest BCUT2D eigenvalue weighted by Crippen LogP contribution is -2.12. The zero-order valence-corrected chi connectivity index (χ0v) is 17.3. The molecule has 2 aromatic carbocycles. The summed E-state index contributed by atoms with van der Waals surface area (Å²) in [6, 6.07) is 17.4. The largest absolute Gasteiger partial charge is 0.483 e. The molecule has 0 saturated carbocycles. The van der Waals surface area contributed by atoms with Crippen LogP contribution in [0.15, 0.2) is 59.8 Å². The first-order valence-electron chi connectivity index (χ1n) is 9.52. The Kier molecular flexibility index (Phi) is 6.87. The van der Waals surface area contributed by atoms with Crippen molar-refractivity contribution in [2.45, 2.75) is 45.0 Å². The third-order valence-electron chi connectivity index (χ3n) is 4.50. The summed E-state index contributed by atoms with van der Waals surface area (Å²) < 4.78 is 8.06. The minimum absolute atomic E-state index is 0.0816. The van der Waals surface area contributed by atoms with Crippen molar-refractivity contribution in [3.8, 4) is 5.75 Å². The lowest BCUT2D eigenvalue weighted by Gasteiger charge is -2.15. The van der Waals surface area contributed by atoms with Crippen molar-refractivity contribution in [3.63, 3.8) is 0 Å². The van der Waals surface area contributed by atoms with Gasteiger partial charge in [-0.25, -0.2) is 0 Å². The van der Waals surface area contributed by atoms with Gasteiger partial charge in [0.1, 0.15) is 5.75 Å². The van der Waals surface area contributed by atoms with E-state index in [0.29, 0.717) is 17.9 Å². The van der Waals surface area contributed by atoms with Crippen LogP contribution >= 0.6 is 11.8 Å². The Balaban J connectivity index is 1.67. The maximum absolute atomic E-state index is 12.3. The summed E-state index contributed by atoms with van der Waals surface area (Å²) in [5.74, 6) is 1.98. The summed E-state index contributed by atoms with van der Waals surface area (Å²) in [5, 5.41) is 9.34. The van der Waals surface area contributed by atoms with E-state index >= 15 is 0 Å². The maximum Gasteiger partial charge on any atom is 0.191 e. The topological polar surface area (TPSA) is 57.0 Å². The molecule has 1 atom stereocenters. The summed E-state index contributed by atoms with van der Waals surface area (Å²) in [5.41, 5.74) is 1.99. The van der Waals surface area contributed by atoms with E-state index in [1.165, 1.54) is 17.3 Å². The molecule has 0 unspecified atom stereocenters. The van der Waals surface area contributed by atoms with Crippen molar-refractivity contribution in [3.05, 3.63) is 71.5 Å². The fourth-order valence-corrected chi connectivity index (χ4v) is 3.81. The zero-order valence-electron chi connectivity index (χ0n) is 16.5. The van der Waals surface area contributed by atoms with Crippen molar-refractivity contribution < 1.29 is 9.53 Å². The molecule has 5 nitrogen and oxygen atoms in total. The third-order valence-corrected chi connectivity index (χ3v) is 5.46. The van der Waals surface area contributed by atoms with Crippen LogP contribution in [0.4, 0.5) is 0 Å². The smallest absolute Gasteiger partial charge is 0.191 e. The molecule has 1 heterocycles. The second-order valence-electron chi connectivity index (χ2n) is 6.42. The van der Waals surface area contributed by atoms with E-state index < -0.39 is 0 Å². The number of ether oxygens (including phenoxy) is 1. The number of hydrogen-bond acceptors (Lipinski definition) is 5. The molecule has 3 rings (SSSR count). The Morgan fingerprint density at radius 3 is 2.43 bits per heavy atom. The Hall–Kier alpha value is -2.60. The van der Waals surface area contributed by atoms with Crippen molar-refractivity contribution in [2.75, 3.05) is 5.75 Å². The molecular formula is C22H25N3O2S. The number of carbonyl (C=O) groups excluding carboxylic acids is 1. The van der Waals surface area contributed by atoms with E-state index in [4.69, 9.17) is 4.74 Å². The summed E-state index contributed by atoms with van der Waals surface area (Å²) in [6.45, 7) is 6.85. The van der Waals surface area contributed by atoms with Gasteiger partial charge in [-0.2, -0.15) is 0 Å². The molecule has 6 heteroatoms. The highest BCUT2D eigenvalue weighted by molar-refractivity contribution is 7.99. The van der Waals surface area contributed by atoms with Crippen LogP contribution in [0.25, 0.3) is 0 Å². The molecule has 0 radical (unpaired) electrons. The van der Waals surface area contributed by atoms with Gasteiger partial charge in [-0.15, -0.1) is 10.2 Å². The summed E-state index contributed by atoms with van der Waals surface area (Å²) >= 11 is 1.41. The van der Waals surface area contributed by atoms with Gasteiger partial charge in [-0.1, -0.05) is 61.2 Å². The lowest BCUT2D eigenvalue weighted by molar-refractivity contribution is 0.102. The highest BCUT2D eigenvalue weighted by Crippen LogP contribution is 2.25. The van der Waals surface area contributed by atoms with Crippen LogP contribution in [-0.2, 0) is 13.0 Å². The number of rotatable bonds is 9. The van der Waals surface area contributed by atoms with Crippen LogP contribution in [0.1, 0.15) is 48.6 Å². The highest BCUT2D eigenvalue weighted by atomic mass is 32.2. The van der Waals surface area contributed by atoms with Crippen molar-refractivity contribution in [1.29, 1.82) is 0 Å². The molecule has 28 heavy (non-hydrogen) atoms. The summed E-state index contributed by atoms with van der Waals surface area (Å²) in [6.07, 6.45) is 0.765. The Morgan fingerprint density at radius 2 is 1.79 bits per heavy atom. The molecule has 0 aliphatic carbocycles. The van der Waals surface area contributed by atoms with Crippen LogP contribution < -0.4 is 4.74 Å². The van der Waals surface area contributed by atoms with Gasteiger partial charge in [0.25, 0.3) is 0 Å². The molecule has 0 amide bonds. The number of aromatic nitrogens is 3. The fraction of sp³-hybridized carbons (Fsp3) is 0.318.